The smallest absolute Gasteiger partial charge is 0.229 e. The third kappa shape index (κ3) is 2.56. The fourth-order valence-electron chi connectivity index (χ4n) is 1.84. The first-order valence-electron chi connectivity index (χ1n) is 6.05. The molecule has 0 aliphatic carbocycles. The number of rotatable bonds is 3. The second kappa shape index (κ2) is 5.43. The number of carbonyl (C=O) groups is 1. The first-order chi connectivity index (χ1) is 9.74. The molecule has 0 spiro atoms. The number of oxazole rings is 1. The Morgan fingerprint density at radius 2 is 1.70 bits per heavy atom. The van der Waals surface area contributed by atoms with Gasteiger partial charge in [0.2, 0.25) is 11.7 Å². The van der Waals surface area contributed by atoms with E-state index in [1.807, 2.05) is 42.5 Å². The van der Waals surface area contributed by atoms with Gasteiger partial charge in [0.25, 0.3) is 0 Å². The van der Waals surface area contributed by atoms with Crippen LogP contribution in [-0.4, -0.2) is 10.8 Å². The van der Waals surface area contributed by atoms with Crippen LogP contribution in [0, 0.1) is 0 Å². The van der Waals surface area contributed by atoms with Crippen molar-refractivity contribution in [2.75, 3.05) is 0 Å². The molecule has 2 aromatic carbocycles. The molecule has 0 saturated heterocycles. The van der Waals surface area contributed by atoms with Crippen LogP contribution in [0.1, 0.15) is 16.1 Å². The summed E-state index contributed by atoms with van der Waals surface area (Å²) in [5.74, 6) is 0.518. The summed E-state index contributed by atoms with van der Waals surface area (Å²) in [6, 6.07) is 16.6. The zero-order valence-corrected chi connectivity index (χ0v) is 12.0. The number of hydrogen-bond donors (Lipinski definition) is 0. The monoisotopic (exact) mass is 327 g/mol. The van der Waals surface area contributed by atoms with E-state index in [9.17, 15) is 4.79 Å². The summed E-state index contributed by atoms with van der Waals surface area (Å²) in [4.78, 5) is 16.4. The Hall–Kier alpha value is -2.20. The lowest BCUT2D eigenvalue weighted by Crippen LogP contribution is -1.98. The van der Waals surface area contributed by atoms with Crippen LogP contribution in [0.2, 0.25) is 0 Å². The van der Waals surface area contributed by atoms with E-state index in [1.54, 1.807) is 12.1 Å². The Morgan fingerprint density at radius 1 is 1.00 bits per heavy atom. The Bertz CT molecular complexity index is 733. The van der Waals surface area contributed by atoms with Gasteiger partial charge in [-0.25, -0.2) is 4.98 Å². The summed E-state index contributed by atoms with van der Waals surface area (Å²) in [5, 5.41) is 0. The molecular formula is C16H10BrNO2. The number of ketones is 1. The first kappa shape index (κ1) is 12.8. The van der Waals surface area contributed by atoms with Gasteiger partial charge in [-0.1, -0.05) is 34.1 Å². The van der Waals surface area contributed by atoms with E-state index in [-0.39, 0.29) is 11.5 Å². The van der Waals surface area contributed by atoms with Gasteiger partial charge in [-0.15, -0.1) is 0 Å². The molecule has 0 radical (unpaired) electrons. The van der Waals surface area contributed by atoms with Crippen LogP contribution in [0.15, 0.2) is 69.7 Å². The molecule has 3 aromatic rings. The quantitative estimate of drug-likeness (QED) is 0.672. The predicted octanol–water partition coefficient (Wildman–Crippen LogP) is 4.34. The highest BCUT2D eigenvalue weighted by atomic mass is 79.9. The minimum atomic E-state index is -0.174. The Kier molecular flexibility index (Phi) is 3.48. The van der Waals surface area contributed by atoms with Gasteiger partial charge in [0.05, 0.1) is 6.20 Å². The summed E-state index contributed by atoms with van der Waals surface area (Å²) in [6.45, 7) is 0. The van der Waals surface area contributed by atoms with Crippen molar-refractivity contribution in [3.8, 4) is 11.5 Å². The zero-order valence-electron chi connectivity index (χ0n) is 10.4. The van der Waals surface area contributed by atoms with E-state index in [0.717, 1.165) is 10.0 Å². The predicted molar refractivity (Wildman–Crippen MR) is 79.5 cm³/mol. The van der Waals surface area contributed by atoms with Gasteiger partial charge in [0.15, 0.2) is 5.76 Å². The molecule has 0 N–H and O–H groups in total. The third-order valence-corrected chi connectivity index (χ3v) is 3.39. The standard InChI is InChI=1S/C16H10BrNO2/c17-13-8-6-11(7-9-13)15(19)14-10-18-16(20-14)12-4-2-1-3-5-12/h1-10H. The Balaban J connectivity index is 1.90. The molecule has 0 aliphatic heterocycles. The van der Waals surface area contributed by atoms with E-state index >= 15 is 0 Å². The maximum absolute atomic E-state index is 12.3. The van der Waals surface area contributed by atoms with Crippen molar-refractivity contribution >= 4 is 21.7 Å². The zero-order chi connectivity index (χ0) is 13.9. The molecule has 0 amide bonds. The first-order valence-corrected chi connectivity index (χ1v) is 6.85. The van der Waals surface area contributed by atoms with Crippen molar-refractivity contribution in [2.45, 2.75) is 0 Å². The van der Waals surface area contributed by atoms with Crippen molar-refractivity contribution in [1.82, 2.24) is 4.98 Å². The highest BCUT2D eigenvalue weighted by molar-refractivity contribution is 9.10. The van der Waals surface area contributed by atoms with Crippen molar-refractivity contribution in [3.63, 3.8) is 0 Å². The number of benzene rings is 2. The second-order valence-electron chi connectivity index (χ2n) is 4.23. The van der Waals surface area contributed by atoms with Crippen LogP contribution >= 0.6 is 15.9 Å². The number of aromatic nitrogens is 1. The van der Waals surface area contributed by atoms with Gasteiger partial charge < -0.3 is 4.42 Å². The van der Waals surface area contributed by atoms with Gasteiger partial charge in [-0.2, -0.15) is 0 Å². The van der Waals surface area contributed by atoms with Crippen molar-refractivity contribution in [2.24, 2.45) is 0 Å². The second-order valence-corrected chi connectivity index (χ2v) is 5.15. The van der Waals surface area contributed by atoms with E-state index in [4.69, 9.17) is 4.42 Å². The number of hydrogen-bond acceptors (Lipinski definition) is 3. The largest absolute Gasteiger partial charge is 0.433 e. The molecule has 98 valence electrons. The van der Waals surface area contributed by atoms with Crippen LogP contribution in [0.25, 0.3) is 11.5 Å². The van der Waals surface area contributed by atoms with Gasteiger partial charge in [-0.3, -0.25) is 4.79 Å². The topological polar surface area (TPSA) is 43.1 Å². The maximum Gasteiger partial charge on any atom is 0.229 e. The van der Waals surface area contributed by atoms with Crippen molar-refractivity contribution < 1.29 is 9.21 Å². The fourth-order valence-corrected chi connectivity index (χ4v) is 2.10. The van der Waals surface area contributed by atoms with Crippen LogP contribution in [0.3, 0.4) is 0 Å². The van der Waals surface area contributed by atoms with Crippen LogP contribution in [-0.2, 0) is 0 Å². The maximum atomic E-state index is 12.3. The van der Waals surface area contributed by atoms with Crippen LogP contribution < -0.4 is 0 Å². The van der Waals surface area contributed by atoms with E-state index in [1.165, 1.54) is 6.20 Å². The minimum Gasteiger partial charge on any atom is -0.433 e. The molecule has 3 nitrogen and oxygen atoms in total. The van der Waals surface area contributed by atoms with Crippen LogP contribution in [0.4, 0.5) is 0 Å². The van der Waals surface area contributed by atoms with E-state index in [0.29, 0.717) is 11.5 Å². The number of halogens is 1. The molecule has 0 unspecified atom stereocenters. The molecule has 1 heterocycles. The average molecular weight is 328 g/mol. The fraction of sp³-hybridized carbons (Fsp3) is 0. The highest BCUT2D eigenvalue weighted by Crippen LogP contribution is 2.21. The lowest BCUT2D eigenvalue weighted by Gasteiger charge is -1.97. The molecule has 0 saturated carbocycles. The lowest BCUT2D eigenvalue weighted by atomic mass is 10.1. The summed E-state index contributed by atoms with van der Waals surface area (Å²) in [5.41, 5.74) is 1.42. The molecule has 0 aliphatic rings. The normalized spacial score (nSPS) is 10.4. The molecule has 20 heavy (non-hydrogen) atoms. The highest BCUT2D eigenvalue weighted by Gasteiger charge is 2.15. The lowest BCUT2D eigenvalue weighted by molar-refractivity contribution is 0.101. The third-order valence-electron chi connectivity index (χ3n) is 2.86. The Morgan fingerprint density at radius 3 is 2.40 bits per heavy atom. The van der Waals surface area contributed by atoms with E-state index < -0.39 is 0 Å². The molecule has 3 rings (SSSR count). The Labute approximate surface area is 124 Å². The van der Waals surface area contributed by atoms with Crippen LogP contribution in [0.5, 0.6) is 0 Å². The molecule has 0 bridgehead atoms. The number of carbonyl (C=O) groups excluding carboxylic acids is 1. The SMILES string of the molecule is O=C(c1ccc(Br)cc1)c1cnc(-c2ccccc2)o1. The molecule has 1 aromatic heterocycles. The summed E-state index contributed by atoms with van der Waals surface area (Å²) >= 11 is 3.34. The van der Waals surface area contributed by atoms with Gasteiger partial charge >= 0.3 is 0 Å². The summed E-state index contributed by atoms with van der Waals surface area (Å²) in [6.07, 6.45) is 1.46. The van der Waals surface area contributed by atoms with Crippen molar-refractivity contribution in [3.05, 3.63) is 76.6 Å². The van der Waals surface area contributed by atoms with Gasteiger partial charge in [0.1, 0.15) is 0 Å². The van der Waals surface area contributed by atoms with E-state index in [2.05, 4.69) is 20.9 Å². The summed E-state index contributed by atoms with van der Waals surface area (Å²) in [7, 11) is 0. The average Bonchev–Trinajstić information content (AvgIpc) is 2.98. The van der Waals surface area contributed by atoms with Gasteiger partial charge in [0, 0.05) is 15.6 Å². The molecule has 4 heteroatoms. The molecule has 0 atom stereocenters. The number of nitrogens with zero attached hydrogens (tertiary/aromatic N) is 1. The molecular weight excluding hydrogens is 318 g/mol. The molecule has 0 fully saturated rings. The minimum absolute atomic E-state index is 0.174. The van der Waals surface area contributed by atoms with Crippen molar-refractivity contribution in [1.29, 1.82) is 0 Å². The summed E-state index contributed by atoms with van der Waals surface area (Å²) < 4.78 is 6.47. The van der Waals surface area contributed by atoms with Gasteiger partial charge in [-0.05, 0) is 36.4 Å².